The van der Waals surface area contributed by atoms with Gasteiger partial charge in [-0.25, -0.2) is 8.78 Å². The monoisotopic (exact) mass is 322 g/mol. The minimum Gasteiger partial charge on any atom is -0.314 e. The Bertz CT molecular complexity index is 463. The molecular formula is C14H18Cl2F2N2. The Balaban J connectivity index is 0.00000200. The van der Waals surface area contributed by atoms with E-state index in [1.54, 1.807) is 6.08 Å². The van der Waals surface area contributed by atoms with Crippen molar-refractivity contribution in [2.75, 3.05) is 26.2 Å². The Kier molecular flexibility index (Phi) is 6.89. The van der Waals surface area contributed by atoms with E-state index in [4.69, 9.17) is 11.6 Å². The van der Waals surface area contributed by atoms with E-state index in [9.17, 15) is 8.78 Å². The number of rotatable bonds is 4. The lowest BCUT2D eigenvalue weighted by Crippen LogP contribution is -2.45. The molecule has 6 heteroatoms. The molecule has 1 aromatic rings. The molecule has 20 heavy (non-hydrogen) atoms. The number of nitrogens with one attached hydrogen (secondary N) is 1. The number of benzene rings is 1. The highest BCUT2D eigenvalue weighted by atomic mass is 35.5. The summed E-state index contributed by atoms with van der Waals surface area (Å²) in [6.45, 7) is 6.82. The van der Waals surface area contributed by atoms with Gasteiger partial charge in [-0.2, -0.15) is 0 Å². The fourth-order valence-corrected chi connectivity index (χ4v) is 2.61. The van der Waals surface area contributed by atoms with E-state index in [0.717, 1.165) is 26.2 Å². The molecule has 1 saturated heterocycles. The van der Waals surface area contributed by atoms with Gasteiger partial charge >= 0.3 is 0 Å². The van der Waals surface area contributed by atoms with Crippen molar-refractivity contribution in [2.45, 2.75) is 12.5 Å². The quantitative estimate of drug-likeness (QED) is 0.673. The van der Waals surface area contributed by atoms with Crippen LogP contribution in [0.3, 0.4) is 0 Å². The first kappa shape index (κ1) is 17.4. The minimum atomic E-state index is -0.660. The molecule has 0 saturated carbocycles. The zero-order chi connectivity index (χ0) is 13.8. The maximum Gasteiger partial charge on any atom is 0.149 e. The van der Waals surface area contributed by atoms with Gasteiger partial charge in [-0.3, -0.25) is 4.90 Å². The van der Waals surface area contributed by atoms with E-state index < -0.39 is 11.6 Å². The summed E-state index contributed by atoms with van der Waals surface area (Å²) in [5, 5.41) is 3.18. The average molecular weight is 323 g/mol. The summed E-state index contributed by atoms with van der Waals surface area (Å²) in [6.07, 6.45) is 2.18. The smallest absolute Gasteiger partial charge is 0.149 e. The molecule has 2 rings (SSSR count). The normalized spacial score (nSPS) is 17.4. The molecule has 1 aliphatic rings. The standard InChI is InChI=1S/C14H17ClF2N2.ClH/c1-2-3-12(19-8-6-18-7-9-19)13-11(16)5-4-10(15)14(13)17;/h2,4-5,12,18H,1,3,6-9H2;1H/t12-;/m1./s1. The van der Waals surface area contributed by atoms with E-state index in [2.05, 4.69) is 16.8 Å². The van der Waals surface area contributed by atoms with Gasteiger partial charge in [0.15, 0.2) is 0 Å². The largest absolute Gasteiger partial charge is 0.314 e. The van der Waals surface area contributed by atoms with Crippen LogP contribution in [0, 0.1) is 11.6 Å². The predicted molar refractivity (Wildman–Crippen MR) is 80.6 cm³/mol. The highest BCUT2D eigenvalue weighted by Crippen LogP contribution is 2.32. The van der Waals surface area contributed by atoms with Crippen LogP contribution in [0.25, 0.3) is 0 Å². The van der Waals surface area contributed by atoms with Gasteiger partial charge in [-0.05, 0) is 18.6 Å². The third-order valence-corrected chi connectivity index (χ3v) is 3.69. The zero-order valence-electron chi connectivity index (χ0n) is 11.0. The molecule has 1 fully saturated rings. The van der Waals surface area contributed by atoms with Crippen molar-refractivity contribution in [2.24, 2.45) is 0 Å². The first-order valence-electron chi connectivity index (χ1n) is 6.34. The summed E-state index contributed by atoms with van der Waals surface area (Å²) >= 11 is 5.77. The Hall–Kier alpha value is -0.680. The number of hydrogen-bond donors (Lipinski definition) is 1. The van der Waals surface area contributed by atoms with Crippen molar-refractivity contribution in [3.8, 4) is 0 Å². The second-order valence-corrected chi connectivity index (χ2v) is 4.99. The van der Waals surface area contributed by atoms with Crippen LogP contribution in [0.1, 0.15) is 18.0 Å². The molecule has 1 N–H and O–H groups in total. The first-order valence-corrected chi connectivity index (χ1v) is 6.72. The molecule has 0 spiro atoms. The second-order valence-electron chi connectivity index (χ2n) is 4.58. The summed E-state index contributed by atoms with van der Waals surface area (Å²) in [7, 11) is 0. The molecule has 1 aliphatic heterocycles. The Morgan fingerprint density at radius 1 is 1.35 bits per heavy atom. The summed E-state index contributed by atoms with van der Waals surface area (Å²) in [4.78, 5) is 2.07. The van der Waals surface area contributed by atoms with E-state index in [1.165, 1.54) is 12.1 Å². The summed E-state index contributed by atoms with van der Waals surface area (Å²) < 4.78 is 28.1. The zero-order valence-corrected chi connectivity index (χ0v) is 12.6. The lowest BCUT2D eigenvalue weighted by molar-refractivity contribution is 0.168. The molecule has 1 atom stereocenters. The molecule has 0 aromatic heterocycles. The van der Waals surface area contributed by atoms with Crippen LogP contribution >= 0.6 is 24.0 Å². The maximum absolute atomic E-state index is 14.1. The molecule has 0 bridgehead atoms. The van der Waals surface area contributed by atoms with E-state index in [-0.39, 0.29) is 29.0 Å². The molecule has 0 aliphatic carbocycles. The fraction of sp³-hybridized carbons (Fsp3) is 0.429. The van der Waals surface area contributed by atoms with Crippen molar-refractivity contribution in [3.63, 3.8) is 0 Å². The van der Waals surface area contributed by atoms with Crippen molar-refractivity contribution in [1.29, 1.82) is 0 Å². The Labute approximate surface area is 129 Å². The molecule has 0 unspecified atom stereocenters. The molecular weight excluding hydrogens is 305 g/mol. The lowest BCUT2D eigenvalue weighted by Gasteiger charge is -2.35. The van der Waals surface area contributed by atoms with Gasteiger partial charge in [0.25, 0.3) is 0 Å². The molecule has 1 aromatic carbocycles. The van der Waals surface area contributed by atoms with Gasteiger partial charge in [-0.1, -0.05) is 17.7 Å². The highest BCUT2D eigenvalue weighted by Gasteiger charge is 2.27. The summed E-state index contributed by atoms with van der Waals surface area (Å²) in [5.41, 5.74) is 0.0503. The first-order chi connectivity index (χ1) is 9.15. The van der Waals surface area contributed by atoms with Gasteiger partial charge in [0, 0.05) is 37.8 Å². The number of hydrogen-bond acceptors (Lipinski definition) is 2. The SMILES string of the molecule is C=CC[C@H](c1c(F)ccc(Cl)c1F)N1CCNCC1.Cl. The van der Waals surface area contributed by atoms with Crippen molar-refractivity contribution in [1.82, 2.24) is 10.2 Å². The van der Waals surface area contributed by atoms with Crippen LogP contribution in [0.15, 0.2) is 24.8 Å². The van der Waals surface area contributed by atoms with Crippen molar-refractivity contribution < 1.29 is 8.78 Å². The average Bonchev–Trinajstić information content (AvgIpc) is 2.43. The van der Waals surface area contributed by atoms with Crippen molar-refractivity contribution >= 4 is 24.0 Å². The second kappa shape index (κ2) is 7.93. The molecule has 0 amide bonds. The summed E-state index contributed by atoms with van der Waals surface area (Å²) in [6, 6.07) is 2.12. The van der Waals surface area contributed by atoms with Gasteiger partial charge < -0.3 is 5.32 Å². The van der Waals surface area contributed by atoms with Crippen LogP contribution in [0.4, 0.5) is 8.78 Å². The number of piperazine rings is 1. The minimum absolute atomic E-state index is 0. The van der Waals surface area contributed by atoms with Crippen molar-refractivity contribution in [3.05, 3.63) is 47.0 Å². The van der Waals surface area contributed by atoms with Crippen LogP contribution < -0.4 is 5.32 Å². The maximum atomic E-state index is 14.1. The van der Waals surface area contributed by atoms with Gasteiger partial charge in [0.1, 0.15) is 11.6 Å². The third kappa shape index (κ3) is 3.70. The molecule has 112 valence electrons. The van der Waals surface area contributed by atoms with E-state index in [0.29, 0.717) is 6.42 Å². The van der Waals surface area contributed by atoms with E-state index in [1.807, 2.05) is 0 Å². The van der Waals surface area contributed by atoms with Gasteiger partial charge in [0.05, 0.1) is 5.02 Å². The molecule has 1 heterocycles. The number of halogens is 4. The van der Waals surface area contributed by atoms with Gasteiger partial charge in [0.2, 0.25) is 0 Å². The third-order valence-electron chi connectivity index (χ3n) is 3.39. The highest BCUT2D eigenvalue weighted by molar-refractivity contribution is 6.30. The predicted octanol–water partition coefficient (Wildman–Crippen LogP) is 3.56. The fourth-order valence-electron chi connectivity index (χ4n) is 2.45. The Morgan fingerprint density at radius 3 is 2.60 bits per heavy atom. The van der Waals surface area contributed by atoms with Crippen LogP contribution in [0.2, 0.25) is 5.02 Å². The molecule has 2 nitrogen and oxygen atoms in total. The lowest BCUT2D eigenvalue weighted by atomic mass is 10.00. The van der Waals surface area contributed by atoms with Crippen LogP contribution in [-0.2, 0) is 0 Å². The molecule has 0 radical (unpaired) electrons. The van der Waals surface area contributed by atoms with Crippen LogP contribution in [0.5, 0.6) is 0 Å². The topological polar surface area (TPSA) is 15.3 Å². The Morgan fingerprint density at radius 2 is 2.00 bits per heavy atom. The van der Waals surface area contributed by atoms with Gasteiger partial charge in [-0.15, -0.1) is 19.0 Å². The number of nitrogens with zero attached hydrogens (tertiary/aromatic N) is 1. The van der Waals surface area contributed by atoms with E-state index >= 15 is 0 Å². The van der Waals surface area contributed by atoms with Crippen LogP contribution in [-0.4, -0.2) is 31.1 Å². The summed E-state index contributed by atoms with van der Waals surface area (Å²) in [5.74, 6) is -1.21.